The van der Waals surface area contributed by atoms with Crippen LogP contribution < -0.4 is 10.1 Å². The Hall–Kier alpha value is -2.41. The zero-order chi connectivity index (χ0) is 19.9. The van der Waals surface area contributed by atoms with Crippen LogP contribution in [0.15, 0.2) is 29.6 Å². The molecular formula is C21H27N3O3S. The lowest BCUT2D eigenvalue weighted by Gasteiger charge is -2.32. The lowest BCUT2D eigenvalue weighted by molar-refractivity contribution is -0.122. The Balaban J connectivity index is 1.63. The zero-order valence-electron chi connectivity index (χ0n) is 16.4. The van der Waals surface area contributed by atoms with Crippen LogP contribution in [0.3, 0.4) is 0 Å². The van der Waals surface area contributed by atoms with Crippen molar-refractivity contribution in [3.8, 4) is 16.3 Å². The molecule has 1 aliphatic rings. The summed E-state index contributed by atoms with van der Waals surface area (Å²) in [5.74, 6) is 0.819. The molecule has 1 saturated heterocycles. The minimum absolute atomic E-state index is 0.0287. The van der Waals surface area contributed by atoms with Crippen LogP contribution >= 0.6 is 11.3 Å². The highest BCUT2D eigenvalue weighted by Gasteiger charge is 2.26. The van der Waals surface area contributed by atoms with Crippen LogP contribution in [0.2, 0.25) is 0 Å². The van der Waals surface area contributed by atoms with Crippen LogP contribution in [-0.4, -0.2) is 47.4 Å². The number of hydrogen-bond acceptors (Lipinski definition) is 5. The summed E-state index contributed by atoms with van der Waals surface area (Å²) in [4.78, 5) is 31.1. The number of piperidine rings is 1. The fourth-order valence-corrected chi connectivity index (χ4v) is 4.13. The molecule has 0 aliphatic carbocycles. The minimum atomic E-state index is -0.0668. The molecule has 0 radical (unpaired) electrons. The number of carbonyl (C=O) groups excluding carboxylic acids is 2. The Morgan fingerprint density at radius 1 is 1.29 bits per heavy atom. The van der Waals surface area contributed by atoms with E-state index < -0.39 is 0 Å². The van der Waals surface area contributed by atoms with Crippen molar-refractivity contribution in [2.45, 2.75) is 45.6 Å². The standard InChI is InChI=1S/C21H27N3O3S/c1-3-6-19(25)22-16-7-5-12-24(13-16)21(26)18-14-28-20(23-18)15-8-10-17(11-9-15)27-4-2/h8-11,14,16H,3-7,12-13H2,1-2H3,(H,22,25). The summed E-state index contributed by atoms with van der Waals surface area (Å²) in [5.41, 5.74) is 1.44. The van der Waals surface area contributed by atoms with Gasteiger partial charge in [-0.15, -0.1) is 11.3 Å². The molecule has 2 aromatic rings. The Labute approximate surface area is 169 Å². The third-order valence-corrected chi connectivity index (χ3v) is 5.58. The third-order valence-electron chi connectivity index (χ3n) is 4.69. The monoisotopic (exact) mass is 401 g/mol. The summed E-state index contributed by atoms with van der Waals surface area (Å²) < 4.78 is 5.46. The third kappa shape index (κ3) is 5.10. The van der Waals surface area contributed by atoms with Gasteiger partial charge in [-0.1, -0.05) is 6.92 Å². The molecule has 0 spiro atoms. The van der Waals surface area contributed by atoms with Gasteiger partial charge in [0.2, 0.25) is 5.91 Å². The normalized spacial score (nSPS) is 16.6. The van der Waals surface area contributed by atoms with Gasteiger partial charge in [0.05, 0.1) is 6.61 Å². The molecule has 3 rings (SSSR count). The number of nitrogens with one attached hydrogen (secondary N) is 1. The van der Waals surface area contributed by atoms with Gasteiger partial charge >= 0.3 is 0 Å². The van der Waals surface area contributed by atoms with E-state index in [0.717, 1.165) is 35.6 Å². The van der Waals surface area contributed by atoms with Gasteiger partial charge in [-0.05, 0) is 50.5 Å². The van der Waals surface area contributed by atoms with E-state index in [0.29, 0.717) is 31.8 Å². The van der Waals surface area contributed by atoms with Crippen LogP contribution in [0.1, 0.15) is 50.0 Å². The quantitative estimate of drug-likeness (QED) is 0.767. The average molecular weight is 402 g/mol. The van der Waals surface area contributed by atoms with E-state index in [4.69, 9.17) is 4.74 Å². The highest BCUT2D eigenvalue weighted by Crippen LogP contribution is 2.26. The Kier molecular flexibility index (Phi) is 7.03. The average Bonchev–Trinajstić information content (AvgIpc) is 3.19. The summed E-state index contributed by atoms with van der Waals surface area (Å²) in [6.45, 7) is 5.82. The molecule has 6 nitrogen and oxygen atoms in total. The lowest BCUT2D eigenvalue weighted by Crippen LogP contribution is -2.49. The highest BCUT2D eigenvalue weighted by atomic mass is 32.1. The highest BCUT2D eigenvalue weighted by molar-refractivity contribution is 7.13. The van der Waals surface area contributed by atoms with Crippen LogP contribution in [0.25, 0.3) is 10.6 Å². The molecule has 2 heterocycles. The molecule has 2 amide bonds. The summed E-state index contributed by atoms with van der Waals surface area (Å²) in [5, 5.41) is 5.67. The van der Waals surface area contributed by atoms with Gasteiger partial charge < -0.3 is 15.0 Å². The largest absolute Gasteiger partial charge is 0.494 e. The van der Waals surface area contributed by atoms with Gasteiger partial charge in [-0.25, -0.2) is 4.98 Å². The molecule has 1 aliphatic heterocycles. The SMILES string of the molecule is CCCC(=O)NC1CCCN(C(=O)c2csc(-c3ccc(OCC)cc3)n2)C1. The Morgan fingerprint density at radius 2 is 2.07 bits per heavy atom. The van der Waals surface area contributed by atoms with E-state index in [9.17, 15) is 9.59 Å². The van der Waals surface area contributed by atoms with Crippen LogP contribution in [0.4, 0.5) is 0 Å². The van der Waals surface area contributed by atoms with E-state index in [1.54, 1.807) is 4.90 Å². The first-order valence-electron chi connectivity index (χ1n) is 9.88. The van der Waals surface area contributed by atoms with Crippen molar-refractivity contribution in [1.29, 1.82) is 0 Å². The molecule has 1 N–H and O–H groups in total. The van der Waals surface area contributed by atoms with Crippen LogP contribution in [0.5, 0.6) is 5.75 Å². The predicted octanol–water partition coefficient (Wildman–Crippen LogP) is 3.73. The summed E-state index contributed by atoms with van der Waals surface area (Å²) in [7, 11) is 0. The summed E-state index contributed by atoms with van der Waals surface area (Å²) >= 11 is 1.46. The van der Waals surface area contributed by atoms with Crippen molar-refractivity contribution >= 4 is 23.2 Å². The van der Waals surface area contributed by atoms with Gasteiger partial charge in [-0.2, -0.15) is 0 Å². The maximum Gasteiger partial charge on any atom is 0.273 e. The van der Waals surface area contributed by atoms with Crippen LogP contribution in [-0.2, 0) is 4.79 Å². The summed E-state index contributed by atoms with van der Waals surface area (Å²) in [6.07, 6.45) is 3.16. The number of aromatic nitrogens is 1. The van der Waals surface area contributed by atoms with Crippen molar-refractivity contribution in [2.75, 3.05) is 19.7 Å². The maximum atomic E-state index is 12.9. The van der Waals surface area contributed by atoms with Crippen molar-refractivity contribution < 1.29 is 14.3 Å². The predicted molar refractivity (Wildman–Crippen MR) is 111 cm³/mol. The van der Waals surface area contributed by atoms with E-state index in [1.165, 1.54) is 11.3 Å². The second-order valence-corrected chi connectivity index (χ2v) is 7.76. The molecule has 7 heteroatoms. The number of benzene rings is 1. The van der Waals surface area contributed by atoms with Crippen LogP contribution in [0, 0.1) is 0 Å². The topological polar surface area (TPSA) is 71.5 Å². The first-order valence-corrected chi connectivity index (χ1v) is 10.8. The smallest absolute Gasteiger partial charge is 0.273 e. The van der Waals surface area contributed by atoms with E-state index >= 15 is 0 Å². The number of amides is 2. The second kappa shape index (κ2) is 9.68. The van der Waals surface area contributed by atoms with E-state index in [1.807, 2.05) is 43.5 Å². The number of thiazole rings is 1. The molecule has 0 bridgehead atoms. The fourth-order valence-electron chi connectivity index (χ4n) is 3.33. The molecule has 0 saturated carbocycles. The Morgan fingerprint density at radius 3 is 2.79 bits per heavy atom. The van der Waals surface area contributed by atoms with Gasteiger partial charge in [-0.3, -0.25) is 9.59 Å². The van der Waals surface area contributed by atoms with Crippen molar-refractivity contribution in [2.24, 2.45) is 0 Å². The molecule has 1 aromatic carbocycles. The molecule has 1 fully saturated rings. The van der Waals surface area contributed by atoms with E-state index in [2.05, 4.69) is 10.3 Å². The molecule has 150 valence electrons. The van der Waals surface area contributed by atoms with Crippen molar-refractivity contribution in [3.05, 3.63) is 35.3 Å². The molecule has 1 unspecified atom stereocenters. The van der Waals surface area contributed by atoms with Gasteiger partial charge in [0.25, 0.3) is 5.91 Å². The minimum Gasteiger partial charge on any atom is -0.494 e. The van der Waals surface area contributed by atoms with Crippen molar-refractivity contribution in [1.82, 2.24) is 15.2 Å². The maximum absolute atomic E-state index is 12.9. The Bertz CT molecular complexity index is 803. The first kappa shape index (κ1) is 20.3. The molecule has 1 aromatic heterocycles. The van der Waals surface area contributed by atoms with Crippen molar-refractivity contribution in [3.63, 3.8) is 0 Å². The molecule has 1 atom stereocenters. The van der Waals surface area contributed by atoms with Gasteiger partial charge in [0, 0.05) is 36.5 Å². The molecular weight excluding hydrogens is 374 g/mol. The number of rotatable bonds is 7. The number of likely N-dealkylation sites (tertiary alicyclic amines) is 1. The van der Waals surface area contributed by atoms with Gasteiger partial charge in [0.1, 0.15) is 16.5 Å². The molecule has 28 heavy (non-hydrogen) atoms. The lowest BCUT2D eigenvalue weighted by atomic mass is 10.0. The first-order chi connectivity index (χ1) is 13.6. The fraction of sp³-hybridized carbons (Fsp3) is 0.476. The number of nitrogens with zero attached hydrogens (tertiary/aromatic N) is 2. The number of carbonyl (C=O) groups is 2. The van der Waals surface area contributed by atoms with E-state index in [-0.39, 0.29) is 17.9 Å². The number of hydrogen-bond donors (Lipinski definition) is 1. The second-order valence-electron chi connectivity index (χ2n) is 6.90. The van der Waals surface area contributed by atoms with Gasteiger partial charge in [0.15, 0.2) is 0 Å². The number of ether oxygens (including phenoxy) is 1. The summed E-state index contributed by atoms with van der Waals surface area (Å²) in [6, 6.07) is 7.77. The zero-order valence-corrected chi connectivity index (χ0v) is 17.3.